The van der Waals surface area contributed by atoms with Crippen LogP contribution in [0.2, 0.25) is 0 Å². The zero-order valence-corrected chi connectivity index (χ0v) is 16.6. The van der Waals surface area contributed by atoms with E-state index in [0.29, 0.717) is 11.3 Å². The van der Waals surface area contributed by atoms with Gasteiger partial charge in [-0.15, -0.1) is 0 Å². The first kappa shape index (κ1) is 22.3. The fourth-order valence-corrected chi connectivity index (χ4v) is 2.63. The molecule has 6 N–H and O–H groups in total. The molecule has 0 aliphatic rings. The summed E-state index contributed by atoms with van der Waals surface area (Å²) >= 11 is 0. The number of rotatable bonds is 10. The number of nitrogens with one attached hydrogen (secondary N) is 2. The van der Waals surface area contributed by atoms with E-state index in [4.69, 9.17) is 25.4 Å². The first-order chi connectivity index (χ1) is 14.2. The molecule has 10 nitrogen and oxygen atoms in total. The fraction of sp³-hybridized carbons (Fsp3) is 0.250. The normalized spacial score (nSPS) is 12.4. The molecule has 0 bridgehead atoms. The number of carboxylic acid groups (broad SMARTS) is 2. The average Bonchev–Trinajstić information content (AvgIpc) is 2.71. The van der Waals surface area contributed by atoms with Crippen molar-refractivity contribution in [3.8, 4) is 17.2 Å². The van der Waals surface area contributed by atoms with Gasteiger partial charge in [-0.25, -0.2) is 9.59 Å². The summed E-state index contributed by atoms with van der Waals surface area (Å²) in [6.07, 6.45) is -1.23. The second kappa shape index (κ2) is 9.50. The number of ether oxygens (including phenoxy) is 3. The van der Waals surface area contributed by atoms with Crippen LogP contribution >= 0.6 is 0 Å². The zero-order valence-electron chi connectivity index (χ0n) is 16.6. The lowest BCUT2D eigenvalue weighted by Crippen LogP contribution is -2.26. The minimum absolute atomic E-state index is 0.0165. The van der Waals surface area contributed by atoms with E-state index in [9.17, 15) is 19.8 Å². The summed E-state index contributed by atoms with van der Waals surface area (Å²) in [5.74, 6) is -2.04. The Labute approximate surface area is 172 Å². The molecule has 1 unspecified atom stereocenters. The van der Waals surface area contributed by atoms with E-state index in [-0.39, 0.29) is 28.6 Å². The van der Waals surface area contributed by atoms with Crippen molar-refractivity contribution in [2.45, 2.75) is 19.1 Å². The summed E-state index contributed by atoms with van der Waals surface area (Å²) in [4.78, 5) is 23.3. The molecule has 0 aromatic heterocycles. The molecule has 0 fully saturated rings. The van der Waals surface area contributed by atoms with Gasteiger partial charge in [0.1, 0.15) is 11.6 Å². The molecular weight excluding hydrogens is 394 g/mol. The van der Waals surface area contributed by atoms with Crippen LogP contribution in [0, 0.1) is 5.41 Å². The van der Waals surface area contributed by atoms with Crippen molar-refractivity contribution < 1.29 is 34.0 Å². The van der Waals surface area contributed by atoms with Crippen LogP contribution in [0.3, 0.4) is 0 Å². The van der Waals surface area contributed by atoms with Crippen LogP contribution in [0.15, 0.2) is 36.4 Å². The van der Waals surface area contributed by atoms with Crippen molar-refractivity contribution in [3.05, 3.63) is 47.5 Å². The van der Waals surface area contributed by atoms with Gasteiger partial charge < -0.3 is 35.5 Å². The third kappa shape index (κ3) is 5.10. The molecule has 0 saturated carbocycles. The van der Waals surface area contributed by atoms with Crippen LogP contribution in [0.1, 0.15) is 24.1 Å². The third-order valence-electron chi connectivity index (χ3n) is 4.23. The maximum absolute atomic E-state index is 12.0. The van der Waals surface area contributed by atoms with Crippen molar-refractivity contribution in [3.63, 3.8) is 0 Å². The highest BCUT2D eigenvalue weighted by Gasteiger charge is 2.28. The number of anilines is 1. The highest BCUT2D eigenvalue weighted by Crippen LogP contribution is 2.39. The summed E-state index contributed by atoms with van der Waals surface area (Å²) < 4.78 is 16.0. The minimum atomic E-state index is -1.30. The number of nitrogen functional groups attached to an aromatic ring is 1. The van der Waals surface area contributed by atoms with E-state index in [2.05, 4.69) is 5.32 Å². The van der Waals surface area contributed by atoms with E-state index in [0.717, 1.165) is 0 Å². The quantitative estimate of drug-likeness (QED) is 0.287. The molecule has 2 aromatic rings. The molecule has 30 heavy (non-hydrogen) atoms. The fourth-order valence-electron chi connectivity index (χ4n) is 2.63. The number of carboxylic acids is 2. The van der Waals surface area contributed by atoms with Gasteiger partial charge in [0.15, 0.2) is 23.6 Å². The Morgan fingerprint density at radius 2 is 1.57 bits per heavy atom. The lowest BCUT2D eigenvalue weighted by Gasteiger charge is -2.22. The number of benzene rings is 2. The van der Waals surface area contributed by atoms with Crippen molar-refractivity contribution in [2.75, 3.05) is 19.5 Å². The van der Waals surface area contributed by atoms with E-state index in [1.54, 1.807) is 24.3 Å². The maximum atomic E-state index is 12.0. The van der Waals surface area contributed by atoms with Crippen LogP contribution in [0.4, 0.5) is 5.69 Å². The smallest absolute Gasteiger partial charge is 0.344 e. The lowest BCUT2D eigenvalue weighted by molar-refractivity contribution is -0.144. The summed E-state index contributed by atoms with van der Waals surface area (Å²) in [7, 11) is 2.79. The number of methoxy groups -OCH3 is 2. The van der Waals surface area contributed by atoms with Crippen LogP contribution in [0.5, 0.6) is 17.2 Å². The molecule has 0 radical (unpaired) electrons. The summed E-state index contributed by atoms with van der Waals surface area (Å²) in [6.45, 7) is 1.33. The Hall–Kier alpha value is -3.95. The van der Waals surface area contributed by atoms with Crippen molar-refractivity contribution in [1.82, 2.24) is 0 Å². The first-order valence-corrected chi connectivity index (χ1v) is 8.77. The predicted octanol–water partition coefficient (Wildman–Crippen LogP) is 2.08. The Kier molecular flexibility index (Phi) is 7.08. The zero-order chi connectivity index (χ0) is 22.4. The molecule has 2 atom stereocenters. The van der Waals surface area contributed by atoms with Gasteiger partial charge in [-0.1, -0.05) is 0 Å². The number of hydrogen-bond acceptors (Lipinski definition) is 7. The molecule has 0 aliphatic carbocycles. The van der Waals surface area contributed by atoms with Crippen LogP contribution in [0.25, 0.3) is 0 Å². The van der Waals surface area contributed by atoms with Crippen molar-refractivity contribution >= 4 is 23.5 Å². The average molecular weight is 417 g/mol. The molecule has 2 aromatic carbocycles. The van der Waals surface area contributed by atoms with Crippen molar-refractivity contribution in [1.29, 1.82) is 5.41 Å². The van der Waals surface area contributed by atoms with Crippen molar-refractivity contribution in [2.24, 2.45) is 5.73 Å². The second-order valence-corrected chi connectivity index (χ2v) is 6.25. The number of nitrogens with two attached hydrogens (primary N) is 1. The molecule has 0 spiro atoms. The van der Waals surface area contributed by atoms with E-state index in [1.165, 1.54) is 33.3 Å². The molecule has 160 valence electrons. The summed E-state index contributed by atoms with van der Waals surface area (Å²) in [5.41, 5.74) is 6.50. The number of aliphatic carboxylic acids is 2. The molecule has 10 heteroatoms. The Balaban J connectivity index is 2.51. The standard InChI is InChI=1S/C20H23N3O7/c1-10(19(24)25)30-14-9-16(29-3)15(28-2)8-13(14)17(20(26)27)23-12-6-4-11(5-7-12)18(21)22/h4-10,17,23H,1-3H3,(H3,21,22)(H,24,25)(H,26,27)/t10?,17-/m0/s1. The SMILES string of the molecule is COc1cc(OC(C)C(=O)O)c([C@H](Nc2ccc(C(=N)N)cc2)C(=O)O)cc1OC. The van der Waals surface area contributed by atoms with Gasteiger partial charge in [0.05, 0.1) is 14.2 Å². The highest BCUT2D eigenvalue weighted by atomic mass is 16.5. The number of amidine groups is 1. The van der Waals surface area contributed by atoms with Gasteiger partial charge in [-0.05, 0) is 37.3 Å². The predicted molar refractivity (Wildman–Crippen MR) is 109 cm³/mol. The van der Waals surface area contributed by atoms with Gasteiger partial charge in [0.2, 0.25) is 0 Å². The highest BCUT2D eigenvalue weighted by molar-refractivity contribution is 5.95. The molecular formula is C20H23N3O7. The Bertz CT molecular complexity index is 944. The van der Waals surface area contributed by atoms with E-state index < -0.39 is 24.1 Å². The third-order valence-corrected chi connectivity index (χ3v) is 4.23. The number of hydrogen-bond donors (Lipinski definition) is 5. The minimum Gasteiger partial charge on any atom is -0.493 e. The van der Waals surface area contributed by atoms with E-state index in [1.807, 2.05) is 0 Å². The largest absolute Gasteiger partial charge is 0.493 e. The van der Waals surface area contributed by atoms with Gasteiger partial charge in [-0.3, -0.25) is 5.41 Å². The monoisotopic (exact) mass is 417 g/mol. The molecule has 0 saturated heterocycles. The molecule has 0 aliphatic heterocycles. The van der Waals surface area contributed by atoms with Gasteiger partial charge in [0.25, 0.3) is 0 Å². The van der Waals surface area contributed by atoms with Gasteiger partial charge in [-0.2, -0.15) is 0 Å². The molecule has 2 rings (SSSR count). The van der Waals surface area contributed by atoms with Gasteiger partial charge >= 0.3 is 11.9 Å². The first-order valence-electron chi connectivity index (χ1n) is 8.77. The maximum Gasteiger partial charge on any atom is 0.344 e. The Morgan fingerprint density at radius 3 is 2.03 bits per heavy atom. The topological polar surface area (TPSA) is 164 Å². The molecule has 0 heterocycles. The van der Waals surface area contributed by atoms with Crippen LogP contribution < -0.4 is 25.3 Å². The van der Waals surface area contributed by atoms with Crippen LogP contribution in [-0.2, 0) is 9.59 Å². The van der Waals surface area contributed by atoms with Crippen LogP contribution in [-0.4, -0.2) is 48.3 Å². The number of carbonyl (C=O) groups is 2. The second-order valence-electron chi connectivity index (χ2n) is 6.25. The molecule has 0 amide bonds. The Morgan fingerprint density at radius 1 is 1.00 bits per heavy atom. The van der Waals surface area contributed by atoms with E-state index >= 15 is 0 Å². The lowest BCUT2D eigenvalue weighted by atomic mass is 10.0. The van der Waals surface area contributed by atoms with Gasteiger partial charge in [0, 0.05) is 22.9 Å². The summed E-state index contributed by atoms with van der Waals surface area (Å²) in [6, 6.07) is 7.79. The summed E-state index contributed by atoms with van der Waals surface area (Å²) in [5, 5.41) is 29.3.